The molecule has 2 saturated heterocycles. The third-order valence-corrected chi connectivity index (χ3v) is 8.75. The van der Waals surface area contributed by atoms with Gasteiger partial charge in [0.05, 0.1) is 38.7 Å². The summed E-state index contributed by atoms with van der Waals surface area (Å²) in [6, 6.07) is 13.7. The smallest absolute Gasteiger partial charge is 0.246 e. The van der Waals surface area contributed by atoms with Crippen molar-refractivity contribution in [2.45, 2.75) is 62.4 Å². The summed E-state index contributed by atoms with van der Waals surface area (Å²) in [5.41, 5.74) is 0.119. The number of para-hydroxylation sites is 1. The Kier molecular flexibility index (Phi) is 7.00. The van der Waals surface area contributed by atoms with Gasteiger partial charge in [-0.2, -0.15) is 0 Å². The molecular formula is C31H35N3O6. The Morgan fingerprint density at radius 3 is 2.60 bits per heavy atom. The van der Waals surface area contributed by atoms with Crippen LogP contribution in [0.5, 0.6) is 11.5 Å². The van der Waals surface area contributed by atoms with Gasteiger partial charge in [0.15, 0.2) is 0 Å². The number of ether oxygens (including phenoxy) is 3. The number of carbonyl (C=O) groups excluding carboxylic acids is 3. The number of methoxy groups -OCH3 is 2. The predicted octanol–water partition coefficient (Wildman–Crippen LogP) is 3.44. The Labute approximate surface area is 233 Å². The number of nitrogens with one attached hydrogen (secondary N) is 2. The minimum Gasteiger partial charge on any atom is -0.497 e. The zero-order chi connectivity index (χ0) is 27.9. The second-order valence-electron chi connectivity index (χ2n) is 11.0. The van der Waals surface area contributed by atoms with Gasteiger partial charge in [-0.1, -0.05) is 55.7 Å². The van der Waals surface area contributed by atoms with Crippen LogP contribution in [0.4, 0.5) is 5.69 Å². The molecule has 2 N–H and O–H groups in total. The van der Waals surface area contributed by atoms with E-state index in [0.717, 1.165) is 37.7 Å². The average Bonchev–Trinajstić information content (AvgIpc) is 3.61. The van der Waals surface area contributed by atoms with Crippen LogP contribution in [0.1, 0.15) is 37.7 Å². The monoisotopic (exact) mass is 545 g/mol. The number of anilines is 1. The highest BCUT2D eigenvalue weighted by Crippen LogP contribution is 2.55. The Balaban J connectivity index is 1.33. The zero-order valence-corrected chi connectivity index (χ0v) is 22.8. The van der Waals surface area contributed by atoms with Crippen molar-refractivity contribution in [3.8, 4) is 11.5 Å². The second-order valence-corrected chi connectivity index (χ2v) is 11.0. The van der Waals surface area contributed by atoms with E-state index in [4.69, 9.17) is 14.2 Å². The molecular weight excluding hydrogens is 510 g/mol. The summed E-state index contributed by atoms with van der Waals surface area (Å²) in [6.07, 6.45) is 8.20. The van der Waals surface area contributed by atoms with Gasteiger partial charge in [-0.15, -0.1) is 0 Å². The Hall–Kier alpha value is -3.85. The van der Waals surface area contributed by atoms with E-state index in [-0.39, 0.29) is 30.3 Å². The van der Waals surface area contributed by atoms with E-state index < -0.39 is 29.6 Å². The van der Waals surface area contributed by atoms with Gasteiger partial charge in [-0.3, -0.25) is 14.4 Å². The molecule has 1 saturated carbocycles. The highest BCUT2D eigenvalue weighted by Gasteiger charge is 2.72. The first-order valence-corrected chi connectivity index (χ1v) is 14.0. The fraction of sp³-hybridized carbons (Fsp3) is 0.452. The minimum absolute atomic E-state index is 0.0645. The third-order valence-electron chi connectivity index (χ3n) is 8.75. The lowest BCUT2D eigenvalue weighted by molar-refractivity contribution is -0.142. The number of fused-ring (bicyclic) bond motifs is 1. The molecule has 4 aliphatic rings. The molecule has 1 spiro atoms. The Morgan fingerprint density at radius 1 is 1.02 bits per heavy atom. The van der Waals surface area contributed by atoms with Crippen LogP contribution in [0.15, 0.2) is 60.7 Å². The number of carbonyl (C=O) groups is 3. The van der Waals surface area contributed by atoms with Crippen LogP contribution >= 0.6 is 0 Å². The van der Waals surface area contributed by atoms with Crippen LogP contribution in [0.2, 0.25) is 0 Å². The van der Waals surface area contributed by atoms with Crippen molar-refractivity contribution in [1.82, 2.24) is 10.2 Å². The molecule has 0 aromatic heterocycles. The van der Waals surface area contributed by atoms with E-state index >= 15 is 0 Å². The molecule has 2 bridgehead atoms. The van der Waals surface area contributed by atoms with Crippen molar-refractivity contribution in [3.05, 3.63) is 66.2 Å². The van der Waals surface area contributed by atoms with Gasteiger partial charge in [-0.25, -0.2) is 0 Å². The van der Waals surface area contributed by atoms with Crippen LogP contribution in [0.3, 0.4) is 0 Å². The van der Waals surface area contributed by atoms with E-state index in [9.17, 15) is 14.4 Å². The Bertz CT molecular complexity index is 1340. The van der Waals surface area contributed by atoms with Crippen LogP contribution in [-0.2, 0) is 25.7 Å². The van der Waals surface area contributed by atoms with Crippen molar-refractivity contribution in [2.75, 3.05) is 19.5 Å². The first kappa shape index (κ1) is 26.4. The number of hydrogen-bond acceptors (Lipinski definition) is 6. The van der Waals surface area contributed by atoms with Crippen LogP contribution in [-0.4, -0.2) is 60.6 Å². The number of hydrogen-bond donors (Lipinski definition) is 2. The number of amides is 3. The van der Waals surface area contributed by atoms with Crippen LogP contribution in [0, 0.1) is 11.8 Å². The maximum Gasteiger partial charge on any atom is 0.246 e. The topological polar surface area (TPSA) is 106 Å². The van der Waals surface area contributed by atoms with E-state index in [2.05, 4.69) is 10.6 Å². The van der Waals surface area contributed by atoms with Gasteiger partial charge in [-0.05, 0) is 31.0 Å². The summed E-state index contributed by atoms with van der Waals surface area (Å²) < 4.78 is 17.3. The van der Waals surface area contributed by atoms with Crippen molar-refractivity contribution in [2.24, 2.45) is 11.8 Å². The van der Waals surface area contributed by atoms with Crippen molar-refractivity contribution >= 4 is 23.4 Å². The number of likely N-dealkylation sites (tertiary alicyclic amines) is 1. The first-order chi connectivity index (χ1) is 19.4. The summed E-state index contributed by atoms with van der Waals surface area (Å²) >= 11 is 0. The molecule has 3 heterocycles. The largest absolute Gasteiger partial charge is 0.497 e. The van der Waals surface area contributed by atoms with E-state index in [1.807, 2.05) is 36.4 Å². The molecule has 0 radical (unpaired) electrons. The van der Waals surface area contributed by atoms with Gasteiger partial charge in [0.2, 0.25) is 17.7 Å². The SMILES string of the molecule is COc1cccc(NC(=O)[C@H]2[C@H]3C=C[C@@]4(O3)[C@H]2C(=O)N(Cc2ccccc2OC)[C@@H]4C(=O)NC2CCCCC2)c1. The van der Waals surface area contributed by atoms with Gasteiger partial charge >= 0.3 is 0 Å². The number of rotatable bonds is 8. The highest BCUT2D eigenvalue weighted by molar-refractivity contribution is 6.02. The molecule has 3 amide bonds. The molecule has 3 fully saturated rings. The van der Waals surface area contributed by atoms with Crippen LogP contribution < -0.4 is 20.1 Å². The van der Waals surface area contributed by atoms with Crippen molar-refractivity contribution in [1.29, 1.82) is 0 Å². The lowest BCUT2D eigenvalue weighted by Crippen LogP contribution is -2.56. The lowest BCUT2D eigenvalue weighted by atomic mass is 9.74. The van der Waals surface area contributed by atoms with Crippen molar-refractivity contribution in [3.63, 3.8) is 0 Å². The molecule has 9 heteroatoms. The molecule has 3 aliphatic heterocycles. The number of benzene rings is 2. The van der Waals surface area contributed by atoms with Crippen molar-refractivity contribution < 1.29 is 28.6 Å². The molecule has 40 heavy (non-hydrogen) atoms. The summed E-state index contributed by atoms with van der Waals surface area (Å²) in [4.78, 5) is 43.5. The predicted molar refractivity (Wildman–Crippen MR) is 148 cm³/mol. The second kappa shape index (κ2) is 10.6. The van der Waals surface area contributed by atoms with Gasteiger partial charge in [0, 0.05) is 23.4 Å². The minimum atomic E-state index is -1.22. The standard InChI is InChI=1S/C31H35N3O6/c1-38-22-13-8-12-21(17-22)33-28(35)25-24-15-16-31(40-24)26(25)30(37)34(18-19-9-6-7-14-23(19)39-2)27(31)29(36)32-20-10-4-3-5-11-20/h6-9,12-17,20,24-27H,3-5,10-11,18H2,1-2H3,(H,32,36)(H,33,35)/t24-,25+,26-,27-,31-/m1/s1. The number of nitrogens with zero attached hydrogens (tertiary/aromatic N) is 1. The molecule has 2 aromatic rings. The lowest BCUT2D eigenvalue weighted by Gasteiger charge is -2.34. The third kappa shape index (κ3) is 4.42. The van der Waals surface area contributed by atoms with Gasteiger partial charge in [0.25, 0.3) is 0 Å². The van der Waals surface area contributed by atoms with Gasteiger partial charge in [0.1, 0.15) is 23.1 Å². The maximum absolute atomic E-state index is 14.2. The summed E-state index contributed by atoms with van der Waals surface area (Å²) in [7, 11) is 3.14. The molecule has 2 aromatic carbocycles. The zero-order valence-electron chi connectivity index (χ0n) is 22.8. The molecule has 5 atom stereocenters. The normalized spacial score (nSPS) is 28.9. The summed E-state index contributed by atoms with van der Waals surface area (Å²) in [6.45, 7) is 0.163. The Morgan fingerprint density at radius 2 is 1.82 bits per heavy atom. The first-order valence-electron chi connectivity index (χ1n) is 14.0. The van der Waals surface area contributed by atoms with E-state index in [1.165, 1.54) is 0 Å². The summed E-state index contributed by atoms with van der Waals surface area (Å²) in [5, 5.41) is 6.16. The van der Waals surface area contributed by atoms with Crippen LogP contribution in [0.25, 0.3) is 0 Å². The highest BCUT2D eigenvalue weighted by atomic mass is 16.5. The van der Waals surface area contributed by atoms with E-state index in [0.29, 0.717) is 17.2 Å². The molecule has 6 rings (SSSR count). The average molecular weight is 546 g/mol. The molecule has 1 aliphatic carbocycles. The quantitative estimate of drug-likeness (QED) is 0.493. The summed E-state index contributed by atoms with van der Waals surface area (Å²) in [5.74, 6) is -1.21. The maximum atomic E-state index is 14.2. The molecule has 0 unspecified atom stereocenters. The molecule has 9 nitrogen and oxygen atoms in total. The van der Waals surface area contributed by atoms with Gasteiger partial charge < -0.3 is 29.7 Å². The fourth-order valence-electron chi connectivity index (χ4n) is 6.91. The van der Waals surface area contributed by atoms with E-state index in [1.54, 1.807) is 43.4 Å². The molecule has 210 valence electrons. The fourth-order valence-corrected chi connectivity index (χ4v) is 6.91.